The Morgan fingerprint density at radius 2 is 1.70 bits per heavy atom. The first kappa shape index (κ1) is 18.2. The Morgan fingerprint density at radius 1 is 0.926 bits per heavy atom. The predicted octanol–water partition coefficient (Wildman–Crippen LogP) is 4.31. The monoisotopic (exact) mass is 360 g/mol. The van der Waals surface area contributed by atoms with Gasteiger partial charge >= 0.3 is 0 Å². The van der Waals surface area contributed by atoms with Gasteiger partial charge in [0.2, 0.25) is 0 Å². The van der Waals surface area contributed by atoms with E-state index < -0.39 is 5.91 Å². The minimum absolute atomic E-state index is 0.0945. The van der Waals surface area contributed by atoms with Gasteiger partial charge in [0.1, 0.15) is 11.5 Å². The van der Waals surface area contributed by atoms with E-state index in [0.717, 1.165) is 11.1 Å². The molecule has 5 heteroatoms. The molecule has 0 bridgehead atoms. The van der Waals surface area contributed by atoms with Gasteiger partial charge in [0.15, 0.2) is 0 Å². The molecule has 0 saturated carbocycles. The van der Waals surface area contributed by atoms with E-state index in [0.29, 0.717) is 17.0 Å². The second kappa shape index (κ2) is 8.19. The van der Waals surface area contributed by atoms with Crippen LogP contribution in [0.25, 0.3) is 6.08 Å². The zero-order chi connectivity index (χ0) is 19.2. The summed E-state index contributed by atoms with van der Waals surface area (Å²) in [7, 11) is 0. The first-order chi connectivity index (χ1) is 13.0. The van der Waals surface area contributed by atoms with Crippen molar-refractivity contribution < 1.29 is 14.0 Å². The van der Waals surface area contributed by atoms with E-state index in [1.54, 1.807) is 42.5 Å². The largest absolute Gasteiger partial charge is 0.465 e. The van der Waals surface area contributed by atoms with Gasteiger partial charge in [-0.1, -0.05) is 35.4 Å². The molecule has 0 radical (unpaired) electrons. The number of furan rings is 1. The van der Waals surface area contributed by atoms with Crippen LogP contribution in [0, 0.1) is 13.8 Å². The van der Waals surface area contributed by atoms with Crippen LogP contribution in [-0.2, 0) is 4.79 Å². The Bertz CT molecular complexity index is 971. The quantitative estimate of drug-likeness (QED) is 0.666. The summed E-state index contributed by atoms with van der Waals surface area (Å²) >= 11 is 0. The molecule has 2 N–H and O–H groups in total. The lowest BCUT2D eigenvalue weighted by atomic mass is 10.1. The summed E-state index contributed by atoms with van der Waals surface area (Å²) in [6, 6.07) is 18.0. The molecule has 1 heterocycles. The van der Waals surface area contributed by atoms with Gasteiger partial charge in [0.05, 0.1) is 6.26 Å². The van der Waals surface area contributed by atoms with E-state index in [2.05, 4.69) is 10.6 Å². The van der Waals surface area contributed by atoms with Crippen molar-refractivity contribution in [2.45, 2.75) is 13.8 Å². The van der Waals surface area contributed by atoms with Gasteiger partial charge in [0, 0.05) is 17.3 Å². The van der Waals surface area contributed by atoms with Crippen LogP contribution in [0.1, 0.15) is 27.2 Å². The van der Waals surface area contributed by atoms with Crippen molar-refractivity contribution in [1.82, 2.24) is 5.32 Å². The highest BCUT2D eigenvalue weighted by molar-refractivity contribution is 6.10. The third kappa shape index (κ3) is 4.95. The number of hydrogen-bond acceptors (Lipinski definition) is 3. The van der Waals surface area contributed by atoms with Crippen LogP contribution in [0.5, 0.6) is 0 Å². The minimum atomic E-state index is -0.434. The van der Waals surface area contributed by atoms with Crippen molar-refractivity contribution in [2.24, 2.45) is 0 Å². The fourth-order valence-electron chi connectivity index (χ4n) is 2.49. The smallest absolute Gasteiger partial charge is 0.272 e. The van der Waals surface area contributed by atoms with Gasteiger partial charge in [-0.05, 0) is 50.2 Å². The number of anilines is 1. The molecule has 0 aliphatic heterocycles. The summed E-state index contributed by atoms with van der Waals surface area (Å²) in [6.07, 6.45) is 3.00. The van der Waals surface area contributed by atoms with Crippen molar-refractivity contribution in [3.63, 3.8) is 0 Å². The second-order valence-electron chi connectivity index (χ2n) is 6.22. The molecular formula is C22H20N2O3. The van der Waals surface area contributed by atoms with Gasteiger partial charge in [-0.3, -0.25) is 9.59 Å². The molecule has 0 unspecified atom stereocenters. The molecule has 136 valence electrons. The number of nitrogens with one attached hydrogen (secondary N) is 2. The Morgan fingerprint density at radius 3 is 2.37 bits per heavy atom. The molecule has 1 aromatic heterocycles. The fourth-order valence-corrected chi connectivity index (χ4v) is 2.49. The zero-order valence-corrected chi connectivity index (χ0v) is 15.2. The first-order valence-corrected chi connectivity index (χ1v) is 8.52. The number of carbonyl (C=O) groups is 2. The van der Waals surface area contributed by atoms with Crippen LogP contribution in [0.4, 0.5) is 5.69 Å². The molecule has 0 aliphatic rings. The van der Waals surface area contributed by atoms with Crippen LogP contribution >= 0.6 is 0 Å². The van der Waals surface area contributed by atoms with Gasteiger partial charge in [0.25, 0.3) is 11.8 Å². The molecule has 3 rings (SSSR count). The van der Waals surface area contributed by atoms with Gasteiger partial charge in [-0.15, -0.1) is 0 Å². The Hall–Kier alpha value is -3.60. The molecule has 0 atom stereocenters. The minimum Gasteiger partial charge on any atom is -0.465 e. The number of hydrogen-bond donors (Lipinski definition) is 2. The van der Waals surface area contributed by atoms with Gasteiger partial charge < -0.3 is 15.1 Å². The number of rotatable bonds is 5. The van der Waals surface area contributed by atoms with Crippen LogP contribution in [0.2, 0.25) is 0 Å². The van der Waals surface area contributed by atoms with E-state index in [9.17, 15) is 9.59 Å². The predicted molar refractivity (Wildman–Crippen MR) is 105 cm³/mol. The van der Waals surface area contributed by atoms with Crippen LogP contribution in [0.15, 0.2) is 77.0 Å². The highest BCUT2D eigenvalue weighted by Gasteiger charge is 2.15. The molecule has 0 aliphatic carbocycles. The zero-order valence-electron chi connectivity index (χ0n) is 15.2. The van der Waals surface area contributed by atoms with Crippen LogP contribution in [-0.4, -0.2) is 11.8 Å². The van der Waals surface area contributed by atoms with E-state index in [4.69, 9.17) is 4.42 Å². The lowest BCUT2D eigenvalue weighted by Gasteiger charge is -2.11. The van der Waals surface area contributed by atoms with E-state index >= 15 is 0 Å². The average molecular weight is 360 g/mol. The maximum absolute atomic E-state index is 12.7. The van der Waals surface area contributed by atoms with E-state index in [1.807, 2.05) is 32.0 Å². The summed E-state index contributed by atoms with van der Waals surface area (Å²) in [5.41, 5.74) is 3.26. The number of amides is 2. The summed E-state index contributed by atoms with van der Waals surface area (Å²) in [5.74, 6) is -0.333. The van der Waals surface area contributed by atoms with Gasteiger partial charge in [-0.2, -0.15) is 0 Å². The molecule has 0 saturated heterocycles. The van der Waals surface area contributed by atoms with Crippen molar-refractivity contribution in [3.05, 3.63) is 95.1 Å². The van der Waals surface area contributed by atoms with Crippen molar-refractivity contribution >= 4 is 23.6 Å². The topological polar surface area (TPSA) is 71.3 Å². The van der Waals surface area contributed by atoms with E-state index in [-0.39, 0.29) is 11.6 Å². The van der Waals surface area contributed by atoms with Gasteiger partial charge in [-0.25, -0.2) is 0 Å². The molecule has 0 fully saturated rings. The second-order valence-corrected chi connectivity index (χ2v) is 6.22. The molecular weight excluding hydrogens is 340 g/mol. The van der Waals surface area contributed by atoms with Crippen molar-refractivity contribution in [1.29, 1.82) is 0 Å². The van der Waals surface area contributed by atoms with Crippen LogP contribution in [0.3, 0.4) is 0 Å². The average Bonchev–Trinajstić information content (AvgIpc) is 3.16. The molecule has 2 aromatic carbocycles. The van der Waals surface area contributed by atoms with E-state index in [1.165, 1.54) is 12.3 Å². The summed E-state index contributed by atoms with van der Waals surface area (Å²) in [6.45, 7) is 3.87. The van der Waals surface area contributed by atoms with Crippen LogP contribution < -0.4 is 10.6 Å². The summed E-state index contributed by atoms with van der Waals surface area (Å²) in [5, 5.41) is 5.47. The Kier molecular flexibility index (Phi) is 5.52. The number of carbonyl (C=O) groups excluding carboxylic acids is 2. The molecule has 0 spiro atoms. The normalized spacial score (nSPS) is 11.1. The highest BCUT2D eigenvalue weighted by atomic mass is 16.3. The molecule has 5 nitrogen and oxygen atoms in total. The number of aryl methyl sites for hydroxylation is 2. The lowest BCUT2D eigenvalue weighted by Crippen LogP contribution is -2.30. The molecule has 27 heavy (non-hydrogen) atoms. The number of benzene rings is 2. The first-order valence-electron chi connectivity index (χ1n) is 8.52. The Balaban J connectivity index is 1.83. The highest BCUT2D eigenvalue weighted by Crippen LogP contribution is 2.13. The third-order valence-corrected chi connectivity index (χ3v) is 3.91. The lowest BCUT2D eigenvalue weighted by molar-refractivity contribution is -0.113. The molecule has 2 amide bonds. The summed E-state index contributed by atoms with van der Waals surface area (Å²) in [4.78, 5) is 25.3. The maximum Gasteiger partial charge on any atom is 0.272 e. The summed E-state index contributed by atoms with van der Waals surface area (Å²) < 4.78 is 5.28. The standard InChI is InChI=1S/C22H20N2O3/c1-15-8-10-18(11-9-15)23-22(26)20(14-19-7-4-12-27-19)24-21(25)17-6-3-5-16(2)13-17/h3-14H,1-2H3,(H,23,26)(H,24,25). The third-order valence-electron chi connectivity index (χ3n) is 3.91. The molecule has 3 aromatic rings. The fraction of sp³-hybridized carbons (Fsp3) is 0.0909. The SMILES string of the molecule is Cc1ccc(NC(=O)C(=Cc2ccco2)NC(=O)c2cccc(C)c2)cc1. The Labute approximate surface area is 157 Å². The van der Waals surface area contributed by atoms with Crippen molar-refractivity contribution in [2.75, 3.05) is 5.32 Å². The maximum atomic E-state index is 12.7. The van der Waals surface area contributed by atoms with Crippen molar-refractivity contribution in [3.8, 4) is 0 Å².